The molecular weight excluding hydrogens is 491 g/mol. The highest BCUT2D eigenvalue weighted by molar-refractivity contribution is 6.41. The second-order valence-corrected chi connectivity index (χ2v) is 9.44. The molecule has 38 heavy (non-hydrogen) atoms. The smallest absolute Gasteiger partial charge is 0.291 e. The van der Waals surface area contributed by atoms with Crippen molar-refractivity contribution >= 4 is 34.7 Å². The van der Waals surface area contributed by atoms with E-state index in [1.165, 1.54) is 12.1 Å². The van der Waals surface area contributed by atoms with Crippen LogP contribution in [0.15, 0.2) is 42.5 Å². The number of ketones is 1. The Morgan fingerprint density at radius 2 is 1.95 bits per heavy atom. The van der Waals surface area contributed by atoms with E-state index < -0.39 is 23.4 Å². The van der Waals surface area contributed by atoms with Crippen LogP contribution in [0.3, 0.4) is 0 Å². The monoisotopic (exact) mass is 524 g/mol. The van der Waals surface area contributed by atoms with E-state index in [1.807, 2.05) is 4.90 Å². The summed E-state index contributed by atoms with van der Waals surface area (Å²) in [6.07, 6.45) is 3.58. The lowest BCUT2D eigenvalue weighted by Gasteiger charge is -2.22. The van der Waals surface area contributed by atoms with E-state index in [2.05, 4.69) is 10.6 Å². The number of ether oxygens (including phenoxy) is 2. The lowest BCUT2D eigenvalue weighted by molar-refractivity contribution is -0.135. The fourth-order valence-corrected chi connectivity index (χ4v) is 4.49. The fourth-order valence-electron chi connectivity index (χ4n) is 4.49. The van der Waals surface area contributed by atoms with Crippen molar-refractivity contribution in [1.29, 1.82) is 0 Å². The van der Waals surface area contributed by atoms with E-state index in [4.69, 9.17) is 15.2 Å². The van der Waals surface area contributed by atoms with Crippen LogP contribution in [0, 0.1) is 12.7 Å². The minimum atomic E-state index is -0.777. The zero-order chi connectivity index (χ0) is 27.1. The number of benzene rings is 2. The van der Waals surface area contributed by atoms with Crippen LogP contribution in [0.4, 0.5) is 15.8 Å². The van der Waals surface area contributed by atoms with Gasteiger partial charge in [0.05, 0.1) is 12.7 Å². The van der Waals surface area contributed by atoms with Crippen LogP contribution in [-0.2, 0) is 19.1 Å². The molecule has 1 unspecified atom stereocenters. The summed E-state index contributed by atoms with van der Waals surface area (Å²) < 4.78 is 25.3. The maximum absolute atomic E-state index is 14.4. The number of nitrogens with one attached hydrogen (secondary N) is 2. The van der Waals surface area contributed by atoms with Gasteiger partial charge in [-0.1, -0.05) is 6.07 Å². The van der Waals surface area contributed by atoms with Gasteiger partial charge in [-0.2, -0.15) is 0 Å². The number of halogens is 1. The molecule has 2 heterocycles. The number of carbonyl (C=O) groups is 3. The summed E-state index contributed by atoms with van der Waals surface area (Å²) in [5.74, 6) is -2.53. The number of nitrogens with two attached hydrogens (primary N) is 1. The molecule has 202 valence electrons. The molecule has 0 aromatic heterocycles. The minimum absolute atomic E-state index is 0.0804. The van der Waals surface area contributed by atoms with Crippen LogP contribution in [0.25, 0.3) is 5.70 Å². The Labute approximate surface area is 221 Å². The highest BCUT2D eigenvalue weighted by atomic mass is 19.1. The quantitative estimate of drug-likeness (QED) is 0.358. The standard InChI is InChI=1S/C28H33FN4O5/c1-18-5-6-21(15-24(18)25(30)16-26(34)28(36)31-17-23-4-2-10-38-23)32-27(35)19-12-20(29)14-22(13-19)33-7-3-9-37-11-8-33/h5-6,12-16,23H,2-4,7-11,17,30H2,1H3,(H,31,36)(H,32,35). The predicted octanol–water partition coefficient (Wildman–Crippen LogP) is 2.78. The first-order chi connectivity index (χ1) is 18.3. The molecule has 2 aliphatic rings. The second kappa shape index (κ2) is 12.7. The van der Waals surface area contributed by atoms with Gasteiger partial charge in [0.1, 0.15) is 5.82 Å². The summed E-state index contributed by atoms with van der Waals surface area (Å²) in [5.41, 5.74) is 8.70. The van der Waals surface area contributed by atoms with Crippen molar-refractivity contribution in [3.63, 3.8) is 0 Å². The Morgan fingerprint density at radius 3 is 2.74 bits per heavy atom. The minimum Gasteiger partial charge on any atom is -0.398 e. The first-order valence-electron chi connectivity index (χ1n) is 12.8. The Bertz CT molecular complexity index is 1220. The molecule has 0 bridgehead atoms. The predicted molar refractivity (Wildman–Crippen MR) is 142 cm³/mol. The molecule has 0 aliphatic carbocycles. The molecule has 4 rings (SSSR count). The lowest BCUT2D eigenvalue weighted by atomic mass is 10.0. The average Bonchev–Trinajstić information content (AvgIpc) is 3.27. The van der Waals surface area contributed by atoms with Gasteiger partial charge in [-0.3, -0.25) is 14.4 Å². The van der Waals surface area contributed by atoms with Gasteiger partial charge in [-0.15, -0.1) is 0 Å². The normalized spacial score (nSPS) is 18.1. The number of amides is 2. The average molecular weight is 525 g/mol. The van der Waals surface area contributed by atoms with Gasteiger partial charge >= 0.3 is 0 Å². The molecule has 4 N–H and O–H groups in total. The molecule has 0 spiro atoms. The van der Waals surface area contributed by atoms with Crippen LogP contribution in [0.1, 0.15) is 40.7 Å². The summed E-state index contributed by atoms with van der Waals surface area (Å²) >= 11 is 0. The number of hydrogen-bond donors (Lipinski definition) is 3. The maximum Gasteiger partial charge on any atom is 0.291 e. The number of anilines is 2. The van der Waals surface area contributed by atoms with Crippen LogP contribution in [-0.4, -0.2) is 63.2 Å². The number of carbonyl (C=O) groups excluding carboxylic acids is 3. The third-order valence-corrected chi connectivity index (χ3v) is 6.56. The summed E-state index contributed by atoms with van der Waals surface area (Å²) in [7, 11) is 0. The molecule has 0 radical (unpaired) electrons. The highest BCUT2D eigenvalue weighted by Crippen LogP contribution is 2.23. The Hall–Kier alpha value is -3.76. The second-order valence-electron chi connectivity index (χ2n) is 9.44. The van der Waals surface area contributed by atoms with E-state index in [0.717, 1.165) is 30.9 Å². The molecule has 2 fully saturated rings. The topological polar surface area (TPSA) is 123 Å². The van der Waals surface area contributed by atoms with Crippen LogP contribution < -0.4 is 21.3 Å². The van der Waals surface area contributed by atoms with Gasteiger partial charge in [0.25, 0.3) is 11.8 Å². The maximum atomic E-state index is 14.4. The molecule has 2 aromatic rings. The van der Waals surface area contributed by atoms with Crippen molar-refractivity contribution < 1.29 is 28.2 Å². The first-order valence-corrected chi connectivity index (χ1v) is 12.8. The summed E-state index contributed by atoms with van der Waals surface area (Å²) in [4.78, 5) is 39.6. The number of aryl methyl sites for hydroxylation is 1. The SMILES string of the molecule is Cc1ccc(NC(=O)c2cc(F)cc(N3CCCOCC3)c2)cc1C(N)=CC(=O)C(=O)NCC1CCCO1. The fraction of sp³-hybridized carbons (Fsp3) is 0.393. The molecule has 2 amide bonds. The van der Waals surface area contributed by atoms with Crippen LogP contribution >= 0.6 is 0 Å². The third kappa shape index (κ3) is 7.17. The largest absolute Gasteiger partial charge is 0.398 e. The molecular formula is C28H33FN4O5. The van der Waals surface area contributed by atoms with Crippen molar-refractivity contribution in [2.75, 3.05) is 49.7 Å². The number of nitrogens with zero attached hydrogens (tertiary/aromatic N) is 1. The van der Waals surface area contributed by atoms with Crippen molar-refractivity contribution in [3.05, 3.63) is 65.0 Å². The van der Waals surface area contributed by atoms with Crippen molar-refractivity contribution in [1.82, 2.24) is 5.32 Å². The number of hydrogen-bond acceptors (Lipinski definition) is 7. The third-order valence-electron chi connectivity index (χ3n) is 6.56. The highest BCUT2D eigenvalue weighted by Gasteiger charge is 2.19. The van der Waals surface area contributed by atoms with Gasteiger partial charge in [-0.05, 0) is 62.1 Å². The van der Waals surface area contributed by atoms with Gasteiger partial charge in [0, 0.05) is 67.1 Å². The number of rotatable bonds is 8. The first kappa shape index (κ1) is 27.3. The van der Waals surface area contributed by atoms with Gasteiger partial charge < -0.3 is 30.7 Å². The summed E-state index contributed by atoms with van der Waals surface area (Å²) in [6, 6.07) is 9.29. The van der Waals surface area contributed by atoms with E-state index in [9.17, 15) is 18.8 Å². The van der Waals surface area contributed by atoms with Gasteiger partial charge in [0.2, 0.25) is 5.78 Å². The van der Waals surface area contributed by atoms with Crippen molar-refractivity contribution in [2.45, 2.75) is 32.3 Å². The lowest BCUT2D eigenvalue weighted by Crippen LogP contribution is -2.36. The molecule has 10 heteroatoms. The molecule has 2 saturated heterocycles. The Balaban J connectivity index is 1.44. The van der Waals surface area contributed by atoms with E-state index in [1.54, 1.807) is 31.2 Å². The van der Waals surface area contributed by atoms with Crippen LogP contribution in [0.2, 0.25) is 0 Å². The van der Waals surface area contributed by atoms with Gasteiger partial charge in [-0.25, -0.2) is 4.39 Å². The van der Waals surface area contributed by atoms with Crippen molar-refractivity contribution in [2.24, 2.45) is 5.73 Å². The van der Waals surface area contributed by atoms with E-state index in [-0.39, 0.29) is 23.9 Å². The zero-order valence-corrected chi connectivity index (χ0v) is 21.4. The summed E-state index contributed by atoms with van der Waals surface area (Å²) in [5, 5.41) is 5.34. The van der Waals surface area contributed by atoms with E-state index >= 15 is 0 Å². The molecule has 2 aliphatic heterocycles. The van der Waals surface area contributed by atoms with E-state index in [0.29, 0.717) is 49.8 Å². The Kier molecular flexibility index (Phi) is 9.09. The van der Waals surface area contributed by atoms with Gasteiger partial charge in [0.15, 0.2) is 0 Å². The van der Waals surface area contributed by atoms with Crippen LogP contribution in [0.5, 0.6) is 0 Å². The molecule has 9 nitrogen and oxygen atoms in total. The molecule has 0 saturated carbocycles. The molecule has 1 atom stereocenters. The zero-order valence-electron chi connectivity index (χ0n) is 21.4. The summed E-state index contributed by atoms with van der Waals surface area (Å²) in [6.45, 7) is 5.24. The molecule has 2 aromatic carbocycles. The van der Waals surface area contributed by atoms with Crippen molar-refractivity contribution in [3.8, 4) is 0 Å². The Morgan fingerprint density at radius 1 is 1.11 bits per heavy atom.